The Labute approximate surface area is 152 Å². The smallest absolute Gasteiger partial charge is 0.136 e. The summed E-state index contributed by atoms with van der Waals surface area (Å²) in [5.74, 6) is 0.694. The van der Waals surface area contributed by atoms with Gasteiger partial charge < -0.3 is 19.7 Å². The van der Waals surface area contributed by atoms with Gasteiger partial charge >= 0.3 is 0 Å². The monoisotopic (exact) mass is 390 g/mol. The van der Waals surface area contributed by atoms with Crippen LogP contribution < -0.4 is 9.47 Å². The summed E-state index contributed by atoms with van der Waals surface area (Å²) in [6.07, 6.45) is 0. The number of hydrogen-bond donors (Lipinski definition) is 2. The van der Waals surface area contributed by atoms with Gasteiger partial charge in [0.1, 0.15) is 24.7 Å². The van der Waals surface area contributed by atoms with E-state index in [0.717, 1.165) is 0 Å². The first-order valence-electron chi connectivity index (χ1n) is 7.05. The number of rotatable bonds is 8. The zero-order valence-corrected chi connectivity index (χ0v) is 14.9. The van der Waals surface area contributed by atoms with Gasteiger partial charge in [0.15, 0.2) is 0 Å². The van der Waals surface area contributed by atoms with E-state index in [0.29, 0.717) is 31.3 Å². The number of ether oxygens (including phenoxy) is 2. The molecular weight excluding hydrogens is 375 g/mol. The van der Waals surface area contributed by atoms with E-state index in [1.165, 1.54) is 12.1 Å². The molecule has 0 atom stereocenters. The molecule has 0 aliphatic heterocycles. The Morgan fingerprint density at radius 2 is 1.25 bits per heavy atom. The summed E-state index contributed by atoms with van der Waals surface area (Å²) in [4.78, 5) is 0.680. The van der Waals surface area contributed by atoms with Crippen LogP contribution in [0.4, 0.5) is 0 Å². The first-order valence-corrected chi connectivity index (χ1v) is 8.95. The Balaban J connectivity index is 2.44. The maximum Gasteiger partial charge on any atom is 0.136 e. The Morgan fingerprint density at radius 3 is 1.62 bits per heavy atom. The molecule has 0 heterocycles. The summed E-state index contributed by atoms with van der Waals surface area (Å²) in [5.41, 5.74) is 0. The van der Waals surface area contributed by atoms with Crippen LogP contribution in [0.3, 0.4) is 0 Å². The van der Waals surface area contributed by atoms with Gasteiger partial charge in [-0.15, -0.1) is 0 Å². The van der Waals surface area contributed by atoms with E-state index in [1.54, 1.807) is 24.3 Å². The van der Waals surface area contributed by atoms with Gasteiger partial charge in [-0.1, -0.05) is 23.2 Å². The second-order valence-corrected chi connectivity index (χ2v) is 6.88. The molecule has 0 radical (unpaired) electrons. The molecule has 130 valence electrons. The second-order valence-electron chi connectivity index (χ2n) is 4.59. The van der Waals surface area contributed by atoms with Crippen LogP contribution >= 0.6 is 23.2 Å². The summed E-state index contributed by atoms with van der Waals surface area (Å²) in [5, 5.41) is 18.6. The average molecular weight is 391 g/mol. The van der Waals surface area contributed by atoms with Crippen LogP contribution in [0.15, 0.2) is 46.2 Å². The highest BCUT2D eigenvalue weighted by Gasteiger charge is 2.19. The summed E-state index contributed by atoms with van der Waals surface area (Å²) in [6.45, 7) is -0.210. The molecule has 0 bridgehead atoms. The van der Waals surface area contributed by atoms with Gasteiger partial charge in [0.05, 0.1) is 33.8 Å². The lowest BCUT2D eigenvalue weighted by Crippen LogP contribution is -2.07. The summed E-state index contributed by atoms with van der Waals surface area (Å²) >= 11 is 12.0. The molecule has 24 heavy (non-hydrogen) atoms. The average Bonchev–Trinajstić information content (AvgIpc) is 2.59. The third-order valence-electron chi connectivity index (χ3n) is 2.91. The normalized spacial score (nSPS) is 10.9. The Kier molecular flexibility index (Phi) is 7.33. The fraction of sp³-hybridized carbons (Fsp3) is 0.250. The number of aliphatic hydroxyl groups is 2. The maximum atomic E-state index is 13.0. The zero-order chi connectivity index (χ0) is 17.5. The highest BCUT2D eigenvalue weighted by atomic mass is 35.5. The minimum absolute atomic E-state index is 0.0647. The Hall–Kier alpha value is -1.31. The molecule has 0 amide bonds. The van der Waals surface area contributed by atoms with Crippen molar-refractivity contribution in [1.82, 2.24) is 0 Å². The number of benzene rings is 2. The quantitative estimate of drug-likeness (QED) is 0.724. The standard InChI is InChI=1S/C16H16Cl2O5S/c17-11-1-3-13(22-7-5-19)15(9-11)24(21)16-10-12(18)2-4-14(16)23-8-6-20/h1-4,9-10,19-20H,5-8H2. The Bertz CT molecular complexity index is 664. The number of hydrogen-bond acceptors (Lipinski definition) is 5. The molecule has 0 saturated carbocycles. The maximum absolute atomic E-state index is 13.0. The van der Waals surface area contributed by atoms with Crippen molar-refractivity contribution in [3.8, 4) is 11.5 Å². The first-order chi connectivity index (χ1) is 11.6. The van der Waals surface area contributed by atoms with E-state index >= 15 is 0 Å². The molecule has 8 heteroatoms. The third kappa shape index (κ3) is 4.84. The third-order valence-corrected chi connectivity index (χ3v) is 4.82. The molecular formula is C16H16Cl2O5S. The summed E-state index contributed by atoms with van der Waals surface area (Å²) in [7, 11) is -1.68. The first kappa shape index (κ1) is 19.0. The van der Waals surface area contributed by atoms with Crippen LogP contribution in [0.5, 0.6) is 11.5 Å². The van der Waals surface area contributed by atoms with Crippen molar-refractivity contribution >= 4 is 34.0 Å². The predicted molar refractivity (Wildman–Crippen MR) is 92.7 cm³/mol. The highest BCUT2D eigenvalue weighted by Crippen LogP contribution is 2.34. The lowest BCUT2D eigenvalue weighted by Gasteiger charge is -2.14. The van der Waals surface area contributed by atoms with Gasteiger partial charge in [0.25, 0.3) is 0 Å². The predicted octanol–water partition coefficient (Wildman–Crippen LogP) is 2.90. The molecule has 2 aromatic carbocycles. The molecule has 0 fully saturated rings. The SMILES string of the molecule is O=S(c1cc(Cl)ccc1OCCO)c1cc(Cl)ccc1OCCO. The van der Waals surface area contributed by atoms with Gasteiger partial charge in [0.2, 0.25) is 0 Å². The molecule has 2 N–H and O–H groups in total. The zero-order valence-electron chi connectivity index (χ0n) is 12.6. The van der Waals surface area contributed by atoms with Gasteiger partial charge in [-0.2, -0.15) is 0 Å². The highest BCUT2D eigenvalue weighted by molar-refractivity contribution is 7.85. The fourth-order valence-electron chi connectivity index (χ4n) is 1.92. The lowest BCUT2D eigenvalue weighted by atomic mass is 10.3. The lowest BCUT2D eigenvalue weighted by molar-refractivity contribution is 0.197. The van der Waals surface area contributed by atoms with Crippen LogP contribution in [0.25, 0.3) is 0 Å². The van der Waals surface area contributed by atoms with Crippen molar-refractivity contribution in [2.75, 3.05) is 26.4 Å². The van der Waals surface area contributed by atoms with E-state index in [1.807, 2.05) is 0 Å². The fourth-order valence-corrected chi connectivity index (χ4v) is 3.72. The van der Waals surface area contributed by atoms with Crippen LogP contribution in [-0.4, -0.2) is 40.8 Å². The summed E-state index contributed by atoms with van der Waals surface area (Å²) < 4.78 is 23.9. The van der Waals surface area contributed by atoms with Crippen molar-refractivity contribution < 1.29 is 23.9 Å². The Morgan fingerprint density at radius 1 is 0.833 bits per heavy atom. The van der Waals surface area contributed by atoms with E-state index in [-0.39, 0.29) is 26.4 Å². The molecule has 0 aliphatic carbocycles. The molecule has 2 rings (SSSR count). The van der Waals surface area contributed by atoms with Crippen LogP contribution in [-0.2, 0) is 10.8 Å². The van der Waals surface area contributed by atoms with E-state index < -0.39 is 10.8 Å². The molecule has 2 aromatic rings. The largest absolute Gasteiger partial charge is 0.490 e. The topological polar surface area (TPSA) is 76.0 Å². The number of halogens is 2. The minimum atomic E-state index is -1.68. The van der Waals surface area contributed by atoms with Crippen molar-refractivity contribution in [1.29, 1.82) is 0 Å². The number of aliphatic hydroxyl groups excluding tert-OH is 2. The van der Waals surface area contributed by atoms with Crippen molar-refractivity contribution in [3.63, 3.8) is 0 Å². The van der Waals surface area contributed by atoms with E-state index in [2.05, 4.69) is 0 Å². The van der Waals surface area contributed by atoms with E-state index in [4.69, 9.17) is 42.9 Å². The van der Waals surface area contributed by atoms with Crippen LogP contribution in [0.1, 0.15) is 0 Å². The van der Waals surface area contributed by atoms with Gasteiger partial charge in [0, 0.05) is 10.0 Å². The van der Waals surface area contributed by atoms with Gasteiger partial charge in [-0.25, -0.2) is 4.21 Å². The summed E-state index contributed by atoms with van der Waals surface area (Å²) in [6, 6.07) is 9.45. The van der Waals surface area contributed by atoms with Crippen LogP contribution in [0, 0.1) is 0 Å². The van der Waals surface area contributed by atoms with Crippen molar-refractivity contribution in [3.05, 3.63) is 46.4 Å². The second kappa shape index (κ2) is 9.25. The van der Waals surface area contributed by atoms with Gasteiger partial charge in [-0.05, 0) is 36.4 Å². The van der Waals surface area contributed by atoms with E-state index in [9.17, 15) is 4.21 Å². The molecule has 0 aromatic heterocycles. The molecule has 0 aliphatic rings. The minimum Gasteiger partial charge on any atom is -0.490 e. The molecule has 5 nitrogen and oxygen atoms in total. The molecule has 0 saturated heterocycles. The van der Waals surface area contributed by atoms with Crippen LogP contribution in [0.2, 0.25) is 10.0 Å². The van der Waals surface area contributed by atoms with Crippen molar-refractivity contribution in [2.45, 2.75) is 9.79 Å². The molecule has 0 unspecified atom stereocenters. The van der Waals surface area contributed by atoms with Gasteiger partial charge in [-0.3, -0.25) is 0 Å². The van der Waals surface area contributed by atoms with Crippen molar-refractivity contribution in [2.24, 2.45) is 0 Å². The molecule has 0 spiro atoms.